The summed E-state index contributed by atoms with van der Waals surface area (Å²) in [4.78, 5) is 28.0. The van der Waals surface area contributed by atoms with Crippen LogP contribution in [0, 0.1) is 6.92 Å². The second kappa shape index (κ2) is 12.0. The number of rotatable bonds is 9. The number of aryl methyl sites for hydroxylation is 1. The highest BCUT2D eigenvalue weighted by atomic mass is 35.5. The SMILES string of the molecule is CCC(C(=O)NC(C)(C)C)N(Cc1c(Cl)cccc1Cl)C(=O)CSCc1ccccc1C. The molecule has 1 N–H and O–H groups in total. The van der Waals surface area contributed by atoms with E-state index in [1.54, 1.807) is 23.1 Å². The number of thioether (sulfide) groups is 1. The molecule has 0 aliphatic carbocycles. The highest BCUT2D eigenvalue weighted by Gasteiger charge is 2.31. The molecule has 0 bridgehead atoms. The van der Waals surface area contributed by atoms with Gasteiger partial charge in [0.05, 0.1) is 5.75 Å². The first-order chi connectivity index (χ1) is 15.0. The molecule has 2 aromatic rings. The fourth-order valence-corrected chi connectivity index (χ4v) is 4.83. The monoisotopic (exact) mass is 494 g/mol. The number of carbonyl (C=O) groups excluding carboxylic acids is 2. The largest absolute Gasteiger partial charge is 0.350 e. The second-order valence-electron chi connectivity index (χ2n) is 8.80. The summed E-state index contributed by atoms with van der Waals surface area (Å²) >= 11 is 14.3. The standard InChI is InChI=1S/C25H32Cl2N2O2S/c1-6-22(24(31)28-25(3,4)5)29(14-19-20(26)12-9-13-21(19)27)23(30)16-32-15-18-11-8-7-10-17(18)2/h7-13,22H,6,14-16H2,1-5H3,(H,28,31). The van der Waals surface area contributed by atoms with Gasteiger partial charge in [0.25, 0.3) is 0 Å². The van der Waals surface area contributed by atoms with Gasteiger partial charge in [0, 0.05) is 33.4 Å². The molecule has 2 amide bonds. The maximum absolute atomic E-state index is 13.4. The van der Waals surface area contributed by atoms with Crippen molar-refractivity contribution in [3.05, 3.63) is 69.2 Å². The van der Waals surface area contributed by atoms with Gasteiger partial charge in [-0.15, -0.1) is 11.8 Å². The fourth-order valence-electron chi connectivity index (χ4n) is 3.33. The van der Waals surface area contributed by atoms with Gasteiger partial charge in [-0.3, -0.25) is 9.59 Å². The predicted molar refractivity (Wildman–Crippen MR) is 136 cm³/mol. The van der Waals surface area contributed by atoms with Crippen LogP contribution in [0.5, 0.6) is 0 Å². The van der Waals surface area contributed by atoms with E-state index in [2.05, 4.69) is 24.4 Å². The Labute approximate surface area is 206 Å². The maximum Gasteiger partial charge on any atom is 0.243 e. The summed E-state index contributed by atoms with van der Waals surface area (Å²) in [6.07, 6.45) is 0.484. The number of carbonyl (C=O) groups is 2. The summed E-state index contributed by atoms with van der Waals surface area (Å²) in [5.74, 6) is 0.690. The van der Waals surface area contributed by atoms with Crippen molar-refractivity contribution in [2.24, 2.45) is 0 Å². The molecule has 174 valence electrons. The lowest BCUT2D eigenvalue weighted by molar-refractivity contribution is -0.140. The molecule has 2 rings (SSSR count). The summed E-state index contributed by atoms with van der Waals surface area (Å²) < 4.78 is 0. The third-order valence-corrected chi connectivity index (χ3v) is 6.69. The number of halogens is 2. The van der Waals surface area contributed by atoms with Crippen LogP contribution in [0.4, 0.5) is 0 Å². The smallest absolute Gasteiger partial charge is 0.243 e. The summed E-state index contributed by atoms with van der Waals surface area (Å²) in [5, 5.41) is 3.97. The van der Waals surface area contributed by atoms with Gasteiger partial charge in [-0.25, -0.2) is 0 Å². The van der Waals surface area contributed by atoms with Crippen molar-refractivity contribution in [3.8, 4) is 0 Å². The van der Waals surface area contributed by atoms with Gasteiger partial charge in [0.2, 0.25) is 11.8 Å². The van der Waals surface area contributed by atoms with Crippen LogP contribution < -0.4 is 5.32 Å². The number of hydrogen-bond acceptors (Lipinski definition) is 3. The lowest BCUT2D eigenvalue weighted by Crippen LogP contribution is -2.53. The Kier molecular flexibility index (Phi) is 9.93. The van der Waals surface area contributed by atoms with E-state index in [-0.39, 0.29) is 24.1 Å². The molecule has 0 aliphatic heterocycles. The van der Waals surface area contributed by atoms with E-state index < -0.39 is 11.6 Å². The molecule has 32 heavy (non-hydrogen) atoms. The molecule has 0 fully saturated rings. The van der Waals surface area contributed by atoms with Crippen molar-refractivity contribution in [2.75, 3.05) is 5.75 Å². The summed E-state index contributed by atoms with van der Waals surface area (Å²) in [6, 6.07) is 12.8. The average Bonchev–Trinajstić information content (AvgIpc) is 2.70. The maximum atomic E-state index is 13.4. The van der Waals surface area contributed by atoms with Crippen molar-refractivity contribution < 1.29 is 9.59 Å². The van der Waals surface area contributed by atoms with Crippen LogP contribution in [0.1, 0.15) is 50.8 Å². The summed E-state index contributed by atoms with van der Waals surface area (Å²) in [7, 11) is 0. The third-order valence-electron chi connectivity index (χ3n) is 5.02. The van der Waals surface area contributed by atoms with Gasteiger partial charge in [-0.2, -0.15) is 0 Å². The van der Waals surface area contributed by atoms with Crippen LogP contribution in [0.2, 0.25) is 10.0 Å². The molecule has 7 heteroatoms. The molecule has 0 heterocycles. The molecule has 0 radical (unpaired) electrons. The third kappa shape index (κ3) is 7.72. The van der Waals surface area contributed by atoms with Crippen LogP contribution in [0.15, 0.2) is 42.5 Å². The molecular weight excluding hydrogens is 463 g/mol. The minimum atomic E-state index is -0.617. The molecule has 0 spiro atoms. The van der Waals surface area contributed by atoms with Gasteiger partial charge in [-0.05, 0) is 57.4 Å². The number of nitrogens with zero attached hydrogens (tertiary/aromatic N) is 1. The second-order valence-corrected chi connectivity index (χ2v) is 10.6. The molecule has 0 aliphatic rings. The minimum absolute atomic E-state index is 0.115. The van der Waals surface area contributed by atoms with Crippen molar-refractivity contribution in [2.45, 2.75) is 64.9 Å². The Morgan fingerprint density at radius 2 is 1.69 bits per heavy atom. The first-order valence-electron chi connectivity index (χ1n) is 10.7. The van der Waals surface area contributed by atoms with E-state index >= 15 is 0 Å². The molecule has 1 unspecified atom stereocenters. The normalized spacial score (nSPS) is 12.3. The zero-order valence-corrected chi connectivity index (χ0v) is 21.7. The van der Waals surface area contributed by atoms with E-state index in [4.69, 9.17) is 23.2 Å². The number of hydrogen-bond donors (Lipinski definition) is 1. The van der Waals surface area contributed by atoms with Crippen LogP contribution in [-0.2, 0) is 21.9 Å². The van der Waals surface area contributed by atoms with E-state index in [1.165, 1.54) is 22.9 Å². The van der Waals surface area contributed by atoms with E-state index in [0.29, 0.717) is 22.0 Å². The van der Waals surface area contributed by atoms with Gasteiger partial charge >= 0.3 is 0 Å². The van der Waals surface area contributed by atoms with Crippen LogP contribution >= 0.6 is 35.0 Å². The molecule has 4 nitrogen and oxygen atoms in total. The van der Waals surface area contributed by atoms with Crippen molar-refractivity contribution in [1.82, 2.24) is 10.2 Å². The Bertz CT molecular complexity index is 924. The van der Waals surface area contributed by atoms with Crippen molar-refractivity contribution in [3.63, 3.8) is 0 Å². The number of benzene rings is 2. The van der Waals surface area contributed by atoms with Gasteiger partial charge in [-0.1, -0.05) is 60.5 Å². The van der Waals surface area contributed by atoms with E-state index in [9.17, 15) is 9.59 Å². The molecular formula is C25H32Cl2N2O2S. The zero-order chi connectivity index (χ0) is 23.9. The van der Waals surface area contributed by atoms with Gasteiger partial charge in [0.1, 0.15) is 6.04 Å². The fraction of sp³-hybridized carbons (Fsp3) is 0.440. The average molecular weight is 496 g/mol. The van der Waals surface area contributed by atoms with Crippen LogP contribution in [0.3, 0.4) is 0 Å². The zero-order valence-electron chi connectivity index (χ0n) is 19.4. The lowest BCUT2D eigenvalue weighted by atomic mass is 10.1. The highest BCUT2D eigenvalue weighted by Crippen LogP contribution is 2.28. The molecule has 1 atom stereocenters. The van der Waals surface area contributed by atoms with Gasteiger partial charge < -0.3 is 10.2 Å². The van der Waals surface area contributed by atoms with E-state index in [0.717, 1.165) is 5.75 Å². The molecule has 0 aromatic heterocycles. The van der Waals surface area contributed by atoms with Gasteiger partial charge in [0.15, 0.2) is 0 Å². The Balaban J connectivity index is 2.24. The minimum Gasteiger partial charge on any atom is -0.350 e. The quantitative estimate of drug-likeness (QED) is 0.447. The van der Waals surface area contributed by atoms with Crippen LogP contribution in [0.25, 0.3) is 0 Å². The Morgan fingerprint density at radius 1 is 1.06 bits per heavy atom. The van der Waals surface area contributed by atoms with Crippen LogP contribution in [-0.4, -0.2) is 34.0 Å². The topological polar surface area (TPSA) is 49.4 Å². The Hall–Kier alpha value is -1.69. The molecule has 0 saturated heterocycles. The Morgan fingerprint density at radius 3 is 2.25 bits per heavy atom. The highest BCUT2D eigenvalue weighted by molar-refractivity contribution is 7.99. The number of nitrogens with one attached hydrogen (secondary N) is 1. The van der Waals surface area contributed by atoms with E-state index in [1.807, 2.05) is 39.8 Å². The molecule has 0 saturated carbocycles. The number of amides is 2. The van der Waals surface area contributed by atoms with Crippen molar-refractivity contribution >= 4 is 46.8 Å². The first-order valence-corrected chi connectivity index (χ1v) is 12.6. The van der Waals surface area contributed by atoms with Crippen molar-refractivity contribution in [1.29, 1.82) is 0 Å². The predicted octanol–water partition coefficient (Wildman–Crippen LogP) is 6.26. The lowest BCUT2D eigenvalue weighted by Gasteiger charge is -2.33. The summed E-state index contributed by atoms with van der Waals surface area (Å²) in [6.45, 7) is 9.92. The first kappa shape index (κ1) is 26.6. The summed E-state index contributed by atoms with van der Waals surface area (Å²) in [5.41, 5.74) is 2.64. The molecule has 2 aromatic carbocycles.